The predicted octanol–water partition coefficient (Wildman–Crippen LogP) is 3.68. The van der Waals surface area contributed by atoms with Crippen LogP contribution in [0.2, 0.25) is 0 Å². The summed E-state index contributed by atoms with van der Waals surface area (Å²) < 4.78 is 16.1. The van der Waals surface area contributed by atoms with Crippen molar-refractivity contribution in [1.82, 2.24) is 5.32 Å². The van der Waals surface area contributed by atoms with Gasteiger partial charge in [0, 0.05) is 12.0 Å². The summed E-state index contributed by atoms with van der Waals surface area (Å²) in [4.78, 5) is 24.4. The minimum absolute atomic E-state index is 0.193. The van der Waals surface area contributed by atoms with Crippen LogP contribution in [-0.4, -0.2) is 32.0 Å². The van der Waals surface area contributed by atoms with Crippen LogP contribution in [0.1, 0.15) is 52.4 Å². The van der Waals surface area contributed by atoms with E-state index in [1.54, 1.807) is 0 Å². The number of hydrogen-bond donors (Lipinski definition) is 1. The van der Waals surface area contributed by atoms with Gasteiger partial charge in [0.1, 0.15) is 0 Å². The minimum atomic E-state index is -0.737. The molecule has 0 bridgehead atoms. The normalized spacial score (nSPS) is 31.2. The van der Waals surface area contributed by atoms with Crippen LogP contribution >= 0.6 is 0 Å². The molecule has 6 nitrogen and oxygen atoms in total. The number of fused-ring (bicyclic) bond motifs is 1. The van der Waals surface area contributed by atoms with E-state index in [2.05, 4.69) is 11.4 Å². The molecule has 1 aliphatic heterocycles. The Morgan fingerprint density at radius 2 is 2.04 bits per heavy atom. The third-order valence-corrected chi connectivity index (χ3v) is 6.12. The molecule has 0 aromatic rings. The van der Waals surface area contributed by atoms with E-state index in [1.165, 1.54) is 32.6 Å². The summed E-state index contributed by atoms with van der Waals surface area (Å²) in [6.45, 7) is 4.62. The summed E-state index contributed by atoms with van der Waals surface area (Å²) in [6.07, 6.45) is 9.05. The zero-order valence-corrected chi connectivity index (χ0v) is 15.9. The van der Waals surface area contributed by atoms with Crippen LogP contribution in [-0.2, 0) is 19.0 Å². The molecule has 1 heterocycles. The second-order valence-electron chi connectivity index (χ2n) is 7.87. The maximum Gasteiger partial charge on any atom is 0.410 e. The molecular formula is C20H29NO5. The molecule has 1 amide bonds. The number of amides is 1. The van der Waals surface area contributed by atoms with Gasteiger partial charge in [-0.05, 0) is 32.1 Å². The van der Waals surface area contributed by atoms with Gasteiger partial charge in [-0.25, -0.2) is 9.59 Å². The summed E-state index contributed by atoms with van der Waals surface area (Å²) in [7, 11) is 1.36. The molecule has 0 spiro atoms. The van der Waals surface area contributed by atoms with E-state index >= 15 is 0 Å². The second-order valence-corrected chi connectivity index (χ2v) is 7.87. The first-order valence-electron chi connectivity index (χ1n) is 9.51. The lowest BCUT2D eigenvalue weighted by atomic mass is 9.70. The highest BCUT2D eigenvalue weighted by atomic mass is 16.7. The third kappa shape index (κ3) is 3.60. The molecule has 0 saturated heterocycles. The van der Waals surface area contributed by atoms with Crippen molar-refractivity contribution in [3.05, 3.63) is 23.5 Å². The fourth-order valence-electron chi connectivity index (χ4n) is 4.52. The third-order valence-electron chi connectivity index (χ3n) is 6.12. The van der Waals surface area contributed by atoms with Gasteiger partial charge in [0.05, 0.1) is 24.9 Å². The molecule has 0 aromatic carbocycles. The summed E-state index contributed by atoms with van der Waals surface area (Å²) >= 11 is 0. The van der Waals surface area contributed by atoms with Gasteiger partial charge in [-0.1, -0.05) is 37.8 Å². The standard InChI is InChI=1S/C20H29NO5/c1-13-9-10-20(2)15(17(22)24-3)12-25-18(16(13)20)26-19(23)21-11-14-7-5-4-6-8-14/h9,12,14,16,18H,4-8,10-11H2,1-3H3,(H,21,23). The Bertz CT molecular complexity index is 620. The van der Waals surface area contributed by atoms with Crippen molar-refractivity contribution < 1.29 is 23.8 Å². The average Bonchev–Trinajstić information content (AvgIpc) is 2.96. The Balaban J connectivity index is 1.64. The Morgan fingerprint density at radius 3 is 2.73 bits per heavy atom. The van der Waals surface area contributed by atoms with Crippen LogP contribution in [0.4, 0.5) is 4.79 Å². The first-order chi connectivity index (χ1) is 12.5. The number of alkyl carbamates (subject to hydrolysis) is 1. The van der Waals surface area contributed by atoms with E-state index in [4.69, 9.17) is 14.2 Å². The van der Waals surface area contributed by atoms with Crippen LogP contribution in [0.5, 0.6) is 0 Å². The highest BCUT2D eigenvalue weighted by molar-refractivity contribution is 5.90. The van der Waals surface area contributed by atoms with Crippen molar-refractivity contribution >= 4 is 12.1 Å². The largest absolute Gasteiger partial charge is 0.466 e. The maximum atomic E-state index is 12.3. The molecule has 2 aliphatic carbocycles. The van der Waals surface area contributed by atoms with Crippen LogP contribution in [0, 0.1) is 17.3 Å². The molecule has 3 aliphatic rings. The number of carbonyl (C=O) groups excluding carboxylic acids is 2. The number of carbonyl (C=O) groups is 2. The molecule has 0 radical (unpaired) electrons. The van der Waals surface area contributed by atoms with E-state index in [-0.39, 0.29) is 5.92 Å². The topological polar surface area (TPSA) is 73.9 Å². The minimum Gasteiger partial charge on any atom is -0.466 e. The Hall–Kier alpha value is -1.98. The number of hydrogen-bond acceptors (Lipinski definition) is 5. The van der Waals surface area contributed by atoms with Gasteiger partial charge in [-0.2, -0.15) is 0 Å². The average molecular weight is 363 g/mol. The van der Waals surface area contributed by atoms with E-state index in [1.807, 2.05) is 13.8 Å². The number of methoxy groups -OCH3 is 1. The fraction of sp³-hybridized carbons (Fsp3) is 0.700. The van der Waals surface area contributed by atoms with Crippen LogP contribution in [0.15, 0.2) is 23.5 Å². The highest BCUT2D eigenvalue weighted by Gasteiger charge is 2.53. The van der Waals surface area contributed by atoms with Gasteiger partial charge in [-0.3, -0.25) is 0 Å². The fourth-order valence-corrected chi connectivity index (χ4v) is 4.52. The van der Waals surface area contributed by atoms with E-state index in [0.717, 1.165) is 18.4 Å². The zero-order valence-electron chi connectivity index (χ0n) is 15.9. The molecule has 1 fully saturated rings. The first-order valence-corrected chi connectivity index (χ1v) is 9.51. The number of rotatable bonds is 4. The van der Waals surface area contributed by atoms with Gasteiger partial charge < -0.3 is 19.5 Å². The monoisotopic (exact) mass is 363 g/mol. The lowest BCUT2D eigenvalue weighted by Crippen LogP contribution is -2.45. The molecule has 3 atom stereocenters. The molecule has 144 valence electrons. The lowest BCUT2D eigenvalue weighted by Gasteiger charge is -2.41. The van der Waals surface area contributed by atoms with Crippen molar-refractivity contribution in [2.24, 2.45) is 17.3 Å². The summed E-state index contributed by atoms with van der Waals surface area (Å²) in [6, 6.07) is 0. The van der Waals surface area contributed by atoms with E-state index in [0.29, 0.717) is 24.5 Å². The van der Waals surface area contributed by atoms with Crippen molar-refractivity contribution in [3.8, 4) is 0 Å². The molecule has 1 N–H and O–H groups in total. The van der Waals surface area contributed by atoms with E-state index in [9.17, 15) is 9.59 Å². The number of allylic oxidation sites excluding steroid dienone is 1. The first kappa shape index (κ1) is 18.8. The number of esters is 1. The Morgan fingerprint density at radius 1 is 1.31 bits per heavy atom. The van der Waals surface area contributed by atoms with Crippen molar-refractivity contribution in [2.45, 2.75) is 58.7 Å². The summed E-state index contributed by atoms with van der Waals surface area (Å²) in [5.41, 5.74) is 1.07. The number of ether oxygens (including phenoxy) is 3. The van der Waals surface area contributed by atoms with Crippen LogP contribution in [0.3, 0.4) is 0 Å². The molecular weight excluding hydrogens is 334 g/mol. The zero-order chi connectivity index (χ0) is 18.7. The second kappa shape index (κ2) is 7.72. The van der Waals surface area contributed by atoms with Crippen molar-refractivity contribution in [2.75, 3.05) is 13.7 Å². The molecule has 1 saturated carbocycles. The molecule has 3 unspecified atom stereocenters. The van der Waals surface area contributed by atoms with Gasteiger partial charge in [0.2, 0.25) is 0 Å². The van der Waals surface area contributed by atoms with Crippen molar-refractivity contribution in [3.63, 3.8) is 0 Å². The number of nitrogens with one attached hydrogen (secondary N) is 1. The Labute approximate surface area is 154 Å². The SMILES string of the molecule is COC(=O)C1=COC(OC(=O)NCC2CCCCC2)C2C(C)=CCC12C. The van der Waals surface area contributed by atoms with Crippen molar-refractivity contribution in [1.29, 1.82) is 0 Å². The molecule has 26 heavy (non-hydrogen) atoms. The van der Waals surface area contributed by atoms with E-state index < -0.39 is 23.8 Å². The summed E-state index contributed by atoms with van der Waals surface area (Å²) in [5.74, 6) is -0.0596. The van der Waals surface area contributed by atoms with Gasteiger partial charge in [0.25, 0.3) is 6.29 Å². The van der Waals surface area contributed by atoms with Gasteiger partial charge in [-0.15, -0.1) is 0 Å². The van der Waals surface area contributed by atoms with Gasteiger partial charge >= 0.3 is 12.1 Å². The molecule has 3 rings (SSSR count). The smallest absolute Gasteiger partial charge is 0.410 e. The Kier molecular flexibility index (Phi) is 5.58. The quantitative estimate of drug-likeness (QED) is 0.609. The molecule has 0 aromatic heterocycles. The van der Waals surface area contributed by atoms with Crippen LogP contribution in [0.25, 0.3) is 0 Å². The summed E-state index contributed by atoms with van der Waals surface area (Å²) in [5, 5.41) is 2.88. The highest BCUT2D eigenvalue weighted by Crippen LogP contribution is 2.53. The maximum absolute atomic E-state index is 12.3. The lowest BCUT2D eigenvalue weighted by molar-refractivity contribution is -0.147. The molecule has 6 heteroatoms. The van der Waals surface area contributed by atoms with Gasteiger partial charge in [0.15, 0.2) is 0 Å². The van der Waals surface area contributed by atoms with Crippen LogP contribution < -0.4 is 5.32 Å². The predicted molar refractivity (Wildman–Crippen MR) is 96.0 cm³/mol.